The zero-order chi connectivity index (χ0) is 22.5. The average molecular weight is 431 g/mol. The van der Waals surface area contributed by atoms with Crippen molar-refractivity contribution in [1.82, 2.24) is 10.6 Å². The fourth-order valence-corrected chi connectivity index (χ4v) is 4.44. The Labute approximate surface area is 183 Å². The lowest BCUT2D eigenvalue weighted by molar-refractivity contribution is -0.948. The van der Waals surface area contributed by atoms with Gasteiger partial charge in [0.25, 0.3) is 0 Å². The first kappa shape index (κ1) is 22.9. The molecular formula is C24H33FN3O3+. The van der Waals surface area contributed by atoms with E-state index < -0.39 is 0 Å². The van der Waals surface area contributed by atoms with Crippen molar-refractivity contribution < 1.29 is 23.6 Å². The SMILES string of the molecule is COc1cc2c(cc1OC)[C@H]([C@@H](C)NC(=O)NC(C)C)[NH+](Cc1cccc(F)c1)CC2. The van der Waals surface area contributed by atoms with E-state index in [1.807, 2.05) is 39.0 Å². The zero-order valence-corrected chi connectivity index (χ0v) is 18.9. The van der Waals surface area contributed by atoms with Crippen LogP contribution in [-0.4, -0.2) is 38.9 Å². The summed E-state index contributed by atoms with van der Waals surface area (Å²) in [6, 6.07) is 10.4. The molecule has 168 valence electrons. The van der Waals surface area contributed by atoms with E-state index in [4.69, 9.17) is 9.47 Å². The minimum Gasteiger partial charge on any atom is -0.493 e. The molecule has 0 bridgehead atoms. The van der Waals surface area contributed by atoms with Crippen LogP contribution in [0, 0.1) is 5.82 Å². The molecule has 3 atom stereocenters. The molecule has 1 aliphatic rings. The molecule has 3 rings (SSSR count). The van der Waals surface area contributed by atoms with Gasteiger partial charge in [0.15, 0.2) is 11.5 Å². The number of urea groups is 1. The normalized spacial score (nSPS) is 18.8. The van der Waals surface area contributed by atoms with E-state index in [2.05, 4.69) is 10.6 Å². The number of ether oxygens (including phenoxy) is 2. The van der Waals surface area contributed by atoms with Crippen LogP contribution in [0.15, 0.2) is 36.4 Å². The van der Waals surface area contributed by atoms with Crippen molar-refractivity contribution in [2.24, 2.45) is 0 Å². The number of amides is 2. The molecule has 0 fully saturated rings. The monoisotopic (exact) mass is 430 g/mol. The Kier molecular flexibility index (Phi) is 7.38. The molecule has 7 heteroatoms. The molecule has 2 aromatic rings. The van der Waals surface area contributed by atoms with Crippen LogP contribution in [0.25, 0.3) is 0 Å². The molecule has 0 aliphatic carbocycles. The summed E-state index contributed by atoms with van der Waals surface area (Å²) in [5, 5.41) is 5.99. The summed E-state index contributed by atoms with van der Waals surface area (Å²) in [6.07, 6.45) is 0.863. The molecule has 2 aromatic carbocycles. The smallest absolute Gasteiger partial charge is 0.315 e. The summed E-state index contributed by atoms with van der Waals surface area (Å²) in [5.74, 6) is 1.13. The van der Waals surface area contributed by atoms with Crippen LogP contribution in [0.2, 0.25) is 0 Å². The van der Waals surface area contributed by atoms with Gasteiger partial charge in [0.2, 0.25) is 0 Å². The first-order valence-electron chi connectivity index (χ1n) is 10.7. The van der Waals surface area contributed by atoms with Crippen LogP contribution in [0.4, 0.5) is 9.18 Å². The molecule has 0 saturated carbocycles. The fraction of sp³-hybridized carbons (Fsp3) is 0.458. The minimum atomic E-state index is -0.236. The second-order valence-corrected chi connectivity index (χ2v) is 8.41. The molecule has 3 N–H and O–H groups in total. The lowest BCUT2D eigenvalue weighted by Gasteiger charge is -2.38. The maximum Gasteiger partial charge on any atom is 0.315 e. The van der Waals surface area contributed by atoms with Gasteiger partial charge in [0.1, 0.15) is 18.4 Å². The van der Waals surface area contributed by atoms with Crippen LogP contribution in [0.3, 0.4) is 0 Å². The van der Waals surface area contributed by atoms with Gasteiger partial charge in [-0.1, -0.05) is 12.1 Å². The number of carbonyl (C=O) groups excluding carboxylic acids is 1. The lowest BCUT2D eigenvalue weighted by atomic mass is 9.87. The number of methoxy groups -OCH3 is 2. The average Bonchev–Trinajstić information content (AvgIpc) is 2.71. The van der Waals surface area contributed by atoms with Crippen molar-refractivity contribution in [2.45, 2.75) is 51.9 Å². The number of rotatable bonds is 7. The zero-order valence-electron chi connectivity index (χ0n) is 18.9. The van der Waals surface area contributed by atoms with E-state index in [9.17, 15) is 9.18 Å². The first-order valence-corrected chi connectivity index (χ1v) is 10.7. The molecule has 0 spiro atoms. The Bertz CT molecular complexity index is 919. The Morgan fingerprint density at radius 3 is 2.48 bits per heavy atom. The number of nitrogens with one attached hydrogen (secondary N) is 3. The Hall–Kier alpha value is -2.80. The molecule has 2 amide bonds. The van der Waals surface area contributed by atoms with E-state index in [0.717, 1.165) is 24.1 Å². The highest BCUT2D eigenvalue weighted by Crippen LogP contribution is 2.35. The van der Waals surface area contributed by atoms with Gasteiger partial charge < -0.3 is 25.0 Å². The molecule has 1 aliphatic heterocycles. The summed E-state index contributed by atoms with van der Waals surface area (Å²) in [5.41, 5.74) is 3.24. The van der Waals surface area contributed by atoms with Crippen molar-refractivity contribution in [1.29, 1.82) is 0 Å². The third-order valence-electron chi connectivity index (χ3n) is 5.73. The molecule has 1 heterocycles. The number of hydrogen-bond donors (Lipinski definition) is 3. The lowest BCUT2D eigenvalue weighted by Crippen LogP contribution is -3.13. The van der Waals surface area contributed by atoms with E-state index in [1.54, 1.807) is 26.4 Å². The highest BCUT2D eigenvalue weighted by atomic mass is 19.1. The van der Waals surface area contributed by atoms with E-state index in [1.165, 1.54) is 16.5 Å². The largest absolute Gasteiger partial charge is 0.493 e. The van der Waals surface area contributed by atoms with Crippen molar-refractivity contribution in [2.75, 3.05) is 20.8 Å². The minimum absolute atomic E-state index is 0.0234. The molecule has 6 nitrogen and oxygen atoms in total. The summed E-state index contributed by atoms with van der Waals surface area (Å²) in [6.45, 7) is 7.40. The third-order valence-corrected chi connectivity index (χ3v) is 5.73. The summed E-state index contributed by atoms with van der Waals surface area (Å²) in [7, 11) is 3.25. The van der Waals surface area contributed by atoms with Crippen molar-refractivity contribution in [3.05, 3.63) is 58.9 Å². The summed E-state index contributed by atoms with van der Waals surface area (Å²) in [4.78, 5) is 13.7. The third kappa shape index (κ3) is 5.47. The van der Waals surface area contributed by atoms with Gasteiger partial charge in [-0.3, -0.25) is 0 Å². The fourth-order valence-electron chi connectivity index (χ4n) is 4.44. The van der Waals surface area contributed by atoms with Crippen LogP contribution < -0.4 is 25.0 Å². The number of halogens is 1. The van der Waals surface area contributed by atoms with Crippen LogP contribution in [-0.2, 0) is 13.0 Å². The highest BCUT2D eigenvalue weighted by Gasteiger charge is 2.37. The van der Waals surface area contributed by atoms with Gasteiger partial charge >= 0.3 is 6.03 Å². The number of benzene rings is 2. The van der Waals surface area contributed by atoms with Gasteiger partial charge in [-0.05, 0) is 50.6 Å². The topological polar surface area (TPSA) is 64.0 Å². The number of fused-ring (bicyclic) bond motifs is 1. The van der Waals surface area contributed by atoms with Crippen molar-refractivity contribution in [3.8, 4) is 11.5 Å². The Balaban J connectivity index is 1.96. The van der Waals surface area contributed by atoms with E-state index in [-0.39, 0.29) is 30.0 Å². The Morgan fingerprint density at radius 2 is 1.84 bits per heavy atom. The van der Waals surface area contributed by atoms with E-state index in [0.29, 0.717) is 18.0 Å². The predicted octanol–water partition coefficient (Wildman–Crippen LogP) is 2.62. The summed E-state index contributed by atoms with van der Waals surface area (Å²) >= 11 is 0. The molecule has 0 aromatic heterocycles. The van der Waals surface area contributed by atoms with Gasteiger partial charge in [-0.15, -0.1) is 0 Å². The number of hydrogen-bond acceptors (Lipinski definition) is 3. The number of carbonyl (C=O) groups is 1. The van der Waals surface area contributed by atoms with Gasteiger partial charge in [-0.2, -0.15) is 0 Å². The van der Waals surface area contributed by atoms with Gasteiger partial charge in [0, 0.05) is 23.6 Å². The van der Waals surface area contributed by atoms with Crippen LogP contribution in [0.1, 0.15) is 43.5 Å². The van der Waals surface area contributed by atoms with Crippen molar-refractivity contribution >= 4 is 6.03 Å². The Morgan fingerprint density at radius 1 is 1.13 bits per heavy atom. The maximum absolute atomic E-state index is 13.8. The van der Waals surface area contributed by atoms with Gasteiger partial charge in [-0.25, -0.2) is 9.18 Å². The second kappa shape index (κ2) is 10.0. The molecule has 31 heavy (non-hydrogen) atoms. The van der Waals surface area contributed by atoms with Crippen LogP contribution >= 0.6 is 0 Å². The molecule has 1 unspecified atom stereocenters. The molecule has 0 radical (unpaired) electrons. The first-order chi connectivity index (χ1) is 14.8. The predicted molar refractivity (Wildman–Crippen MR) is 118 cm³/mol. The summed E-state index contributed by atoms with van der Waals surface area (Å²) < 4.78 is 24.8. The van der Waals surface area contributed by atoms with Crippen molar-refractivity contribution in [3.63, 3.8) is 0 Å². The van der Waals surface area contributed by atoms with Crippen LogP contribution in [0.5, 0.6) is 11.5 Å². The highest BCUT2D eigenvalue weighted by molar-refractivity contribution is 5.74. The second-order valence-electron chi connectivity index (χ2n) is 8.41. The van der Waals surface area contributed by atoms with E-state index >= 15 is 0 Å². The molecular weight excluding hydrogens is 397 g/mol. The maximum atomic E-state index is 13.8. The van der Waals surface area contributed by atoms with Gasteiger partial charge in [0.05, 0.1) is 26.8 Å². The number of quaternary nitrogens is 1. The standard InChI is InChI=1S/C24H32FN3O3/c1-15(2)26-24(29)27-16(3)23-20-13-22(31-5)21(30-4)12-18(20)9-10-28(23)14-17-7-6-8-19(25)11-17/h6-8,11-13,15-16,23H,9-10,14H2,1-5H3,(H2,26,27,29)/p+1/t16-,23+/m1/s1. The quantitative estimate of drug-likeness (QED) is 0.633. The molecule has 0 saturated heterocycles.